The third-order valence-electron chi connectivity index (χ3n) is 4.27. The Bertz CT molecular complexity index is 1000. The van der Waals surface area contributed by atoms with E-state index in [0.29, 0.717) is 35.8 Å². The van der Waals surface area contributed by atoms with Gasteiger partial charge in [-0.1, -0.05) is 36.4 Å². The van der Waals surface area contributed by atoms with Crippen LogP contribution in [0.25, 0.3) is 0 Å². The number of ether oxygens (including phenoxy) is 2. The molecule has 3 aromatic carbocycles. The molecule has 0 atom stereocenters. The molecule has 3 rings (SSSR count). The molecule has 0 spiro atoms. The van der Waals surface area contributed by atoms with Gasteiger partial charge in [0.15, 0.2) is 0 Å². The van der Waals surface area contributed by atoms with E-state index in [9.17, 15) is 9.59 Å². The van der Waals surface area contributed by atoms with E-state index in [1.165, 1.54) is 4.90 Å². The Balaban J connectivity index is 1.60. The molecular formula is C24H24N2O4. The van der Waals surface area contributed by atoms with Crippen molar-refractivity contribution >= 4 is 17.5 Å². The summed E-state index contributed by atoms with van der Waals surface area (Å²) < 4.78 is 11.3. The van der Waals surface area contributed by atoms with Crippen LogP contribution in [0.3, 0.4) is 0 Å². The summed E-state index contributed by atoms with van der Waals surface area (Å²) in [6.45, 7) is 0.737. The van der Waals surface area contributed by atoms with Gasteiger partial charge in [0.2, 0.25) is 0 Å². The first kappa shape index (κ1) is 20.9. The number of anilines is 1. The lowest BCUT2D eigenvalue weighted by Crippen LogP contribution is -2.24. The highest BCUT2D eigenvalue weighted by molar-refractivity contribution is 6.09. The highest BCUT2D eigenvalue weighted by atomic mass is 16.5. The van der Waals surface area contributed by atoms with Crippen molar-refractivity contribution in [2.45, 2.75) is 0 Å². The summed E-state index contributed by atoms with van der Waals surface area (Å²) in [7, 11) is 3.34. The highest BCUT2D eigenvalue weighted by Gasteiger charge is 2.15. The highest BCUT2D eigenvalue weighted by Crippen LogP contribution is 2.19. The fraction of sp³-hybridized carbons (Fsp3) is 0.167. The number of amides is 2. The monoisotopic (exact) mass is 404 g/mol. The normalized spacial score (nSPS) is 10.2. The average Bonchev–Trinajstić information content (AvgIpc) is 2.77. The van der Waals surface area contributed by atoms with Gasteiger partial charge in [0.25, 0.3) is 11.8 Å². The van der Waals surface area contributed by atoms with Crippen molar-refractivity contribution in [3.8, 4) is 11.5 Å². The van der Waals surface area contributed by atoms with Gasteiger partial charge >= 0.3 is 0 Å². The summed E-state index contributed by atoms with van der Waals surface area (Å²) >= 11 is 0. The second-order valence-corrected chi connectivity index (χ2v) is 6.74. The molecule has 0 aliphatic carbocycles. The predicted molar refractivity (Wildman–Crippen MR) is 116 cm³/mol. The number of hydrogen-bond acceptors (Lipinski definition) is 4. The van der Waals surface area contributed by atoms with Crippen molar-refractivity contribution in [1.29, 1.82) is 0 Å². The van der Waals surface area contributed by atoms with Gasteiger partial charge in [-0.3, -0.25) is 9.59 Å². The molecule has 0 saturated heterocycles. The summed E-state index contributed by atoms with van der Waals surface area (Å²) in [5.74, 6) is 0.846. The lowest BCUT2D eigenvalue weighted by atomic mass is 10.1. The molecule has 0 aliphatic heterocycles. The molecule has 6 nitrogen and oxygen atoms in total. The van der Waals surface area contributed by atoms with Crippen LogP contribution in [0.15, 0.2) is 78.9 Å². The summed E-state index contributed by atoms with van der Waals surface area (Å²) in [6, 6.07) is 23.3. The van der Waals surface area contributed by atoms with Gasteiger partial charge < -0.3 is 19.7 Å². The summed E-state index contributed by atoms with van der Waals surface area (Å²) in [5.41, 5.74) is 1.33. The fourth-order valence-electron chi connectivity index (χ4n) is 2.78. The van der Waals surface area contributed by atoms with E-state index >= 15 is 0 Å². The second kappa shape index (κ2) is 10.1. The molecule has 0 bridgehead atoms. The lowest BCUT2D eigenvalue weighted by Gasteiger charge is -2.15. The molecule has 0 unspecified atom stereocenters. The van der Waals surface area contributed by atoms with E-state index in [-0.39, 0.29) is 11.8 Å². The zero-order chi connectivity index (χ0) is 21.3. The maximum atomic E-state index is 12.7. The maximum absolute atomic E-state index is 12.7. The van der Waals surface area contributed by atoms with Gasteiger partial charge in [-0.05, 0) is 42.5 Å². The number of nitrogens with one attached hydrogen (secondary N) is 1. The second-order valence-electron chi connectivity index (χ2n) is 6.74. The van der Waals surface area contributed by atoms with Crippen LogP contribution >= 0.6 is 0 Å². The summed E-state index contributed by atoms with van der Waals surface area (Å²) in [5, 5.41) is 2.81. The zero-order valence-corrected chi connectivity index (χ0v) is 17.0. The first-order valence-electron chi connectivity index (χ1n) is 9.57. The molecule has 6 heteroatoms. The molecule has 0 heterocycles. The van der Waals surface area contributed by atoms with Crippen LogP contribution in [0.4, 0.5) is 5.69 Å². The van der Waals surface area contributed by atoms with E-state index in [1.807, 2.05) is 30.3 Å². The molecular weight excluding hydrogens is 380 g/mol. The van der Waals surface area contributed by atoms with Crippen molar-refractivity contribution in [2.75, 3.05) is 32.6 Å². The molecule has 0 fully saturated rings. The fourth-order valence-corrected chi connectivity index (χ4v) is 2.78. The standard InChI is InChI=1S/C24H24N2O4/c1-26(2)24(28)21-13-6-7-14-22(21)25-23(27)18-9-8-12-20(17-18)30-16-15-29-19-10-4-3-5-11-19/h3-14,17H,15-16H2,1-2H3,(H,25,27). The largest absolute Gasteiger partial charge is 0.490 e. The van der Waals surface area contributed by atoms with Gasteiger partial charge in [-0.15, -0.1) is 0 Å². The number of nitrogens with zero attached hydrogens (tertiary/aromatic N) is 1. The number of carbonyl (C=O) groups excluding carboxylic acids is 2. The van der Waals surface area contributed by atoms with Crippen LogP contribution in [0.2, 0.25) is 0 Å². The van der Waals surface area contributed by atoms with Gasteiger partial charge in [-0.25, -0.2) is 0 Å². The van der Waals surface area contributed by atoms with E-state index in [4.69, 9.17) is 9.47 Å². The molecule has 3 aromatic rings. The minimum Gasteiger partial charge on any atom is -0.490 e. The van der Waals surface area contributed by atoms with Crippen LogP contribution in [-0.4, -0.2) is 44.0 Å². The quantitative estimate of drug-likeness (QED) is 0.574. The molecule has 154 valence electrons. The van der Waals surface area contributed by atoms with E-state index in [0.717, 1.165) is 5.75 Å². The van der Waals surface area contributed by atoms with Crippen LogP contribution in [0.5, 0.6) is 11.5 Å². The third kappa shape index (κ3) is 5.61. The summed E-state index contributed by atoms with van der Waals surface area (Å²) in [4.78, 5) is 26.5. The Labute approximate surface area is 176 Å². The average molecular weight is 404 g/mol. The Morgan fingerprint density at radius 1 is 0.800 bits per heavy atom. The molecule has 1 N–H and O–H groups in total. The zero-order valence-electron chi connectivity index (χ0n) is 17.0. The van der Waals surface area contributed by atoms with E-state index < -0.39 is 0 Å². The molecule has 0 aliphatic rings. The van der Waals surface area contributed by atoms with Crippen molar-refractivity contribution < 1.29 is 19.1 Å². The van der Waals surface area contributed by atoms with Crippen LogP contribution < -0.4 is 14.8 Å². The van der Waals surface area contributed by atoms with E-state index in [2.05, 4.69) is 5.32 Å². The SMILES string of the molecule is CN(C)C(=O)c1ccccc1NC(=O)c1cccc(OCCOc2ccccc2)c1. The number of carbonyl (C=O) groups is 2. The summed E-state index contributed by atoms with van der Waals surface area (Å²) in [6.07, 6.45) is 0. The van der Waals surface area contributed by atoms with Crippen molar-refractivity contribution in [3.05, 3.63) is 90.0 Å². The Morgan fingerprint density at radius 3 is 2.17 bits per heavy atom. The van der Waals surface area contributed by atoms with Crippen molar-refractivity contribution in [2.24, 2.45) is 0 Å². The molecule has 30 heavy (non-hydrogen) atoms. The number of hydrogen-bond donors (Lipinski definition) is 1. The molecule has 0 radical (unpaired) electrons. The Morgan fingerprint density at radius 2 is 1.43 bits per heavy atom. The van der Waals surface area contributed by atoms with E-state index in [1.54, 1.807) is 62.6 Å². The lowest BCUT2D eigenvalue weighted by molar-refractivity contribution is 0.0828. The molecule has 0 saturated carbocycles. The van der Waals surface area contributed by atoms with Gasteiger partial charge in [-0.2, -0.15) is 0 Å². The number of benzene rings is 3. The first-order chi connectivity index (χ1) is 14.5. The minimum atomic E-state index is -0.319. The Kier molecular flexibility index (Phi) is 7.05. The molecule has 0 aromatic heterocycles. The topological polar surface area (TPSA) is 67.9 Å². The van der Waals surface area contributed by atoms with Gasteiger partial charge in [0.1, 0.15) is 24.7 Å². The van der Waals surface area contributed by atoms with Crippen LogP contribution in [-0.2, 0) is 0 Å². The van der Waals surface area contributed by atoms with Crippen molar-refractivity contribution in [3.63, 3.8) is 0 Å². The first-order valence-corrected chi connectivity index (χ1v) is 9.57. The smallest absolute Gasteiger partial charge is 0.255 e. The maximum Gasteiger partial charge on any atom is 0.255 e. The number of para-hydroxylation sites is 2. The number of rotatable bonds is 8. The molecule has 2 amide bonds. The predicted octanol–water partition coefficient (Wildman–Crippen LogP) is 4.10. The van der Waals surface area contributed by atoms with Crippen LogP contribution in [0.1, 0.15) is 20.7 Å². The van der Waals surface area contributed by atoms with Gasteiger partial charge in [0, 0.05) is 19.7 Å². The third-order valence-corrected chi connectivity index (χ3v) is 4.27. The van der Waals surface area contributed by atoms with Crippen molar-refractivity contribution in [1.82, 2.24) is 4.90 Å². The van der Waals surface area contributed by atoms with Crippen LogP contribution in [0, 0.1) is 0 Å². The van der Waals surface area contributed by atoms with Gasteiger partial charge in [0.05, 0.1) is 11.3 Å². The minimum absolute atomic E-state index is 0.179. The Hall–Kier alpha value is -3.80.